The van der Waals surface area contributed by atoms with Crippen LogP contribution in [0.5, 0.6) is 0 Å². The van der Waals surface area contributed by atoms with Crippen molar-refractivity contribution in [3.8, 4) is 0 Å². The van der Waals surface area contributed by atoms with Crippen LogP contribution >= 0.6 is 0 Å². The van der Waals surface area contributed by atoms with Crippen molar-refractivity contribution in [3.63, 3.8) is 0 Å². The molecule has 0 aliphatic rings. The number of nitrogens with two attached hydrogens (primary N) is 2. The van der Waals surface area contributed by atoms with Crippen molar-refractivity contribution in [1.82, 2.24) is 0 Å². The molecule has 0 aliphatic carbocycles. The quantitative estimate of drug-likeness (QED) is 0.615. The van der Waals surface area contributed by atoms with Crippen molar-refractivity contribution in [2.75, 3.05) is 5.73 Å². The summed E-state index contributed by atoms with van der Waals surface area (Å²) in [6, 6.07) is 7.12. The number of anilines is 1. The first-order valence-electron chi connectivity index (χ1n) is 4.29. The molecule has 0 aliphatic heterocycles. The molecular formula is C10H14N2O2. The molecule has 0 bridgehead atoms. The number of hydrogen-bond acceptors (Lipinski definition) is 3. The highest BCUT2D eigenvalue weighted by Crippen LogP contribution is 2.16. The third kappa shape index (κ3) is 2.23. The highest BCUT2D eigenvalue weighted by Gasteiger charge is 2.28. The molecule has 5 N–H and O–H groups in total. The monoisotopic (exact) mass is 194 g/mol. The molecule has 0 aromatic heterocycles. The number of hydrogen-bond donors (Lipinski definition) is 3. The van der Waals surface area contributed by atoms with Gasteiger partial charge >= 0.3 is 5.97 Å². The Balaban J connectivity index is 2.89. The summed E-state index contributed by atoms with van der Waals surface area (Å²) >= 11 is 0. The van der Waals surface area contributed by atoms with Gasteiger partial charge in [-0.25, -0.2) is 0 Å². The Labute approximate surface area is 82.5 Å². The third-order valence-corrected chi connectivity index (χ3v) is 2.10. The first-order chi connectivity index (χ1) is 6.43. The van der Waals surface area contributed by atoms with E-state index in [4.69, 9.17) is 16.6 Å². The van der Waals surface area contributed by atoms with E-state index in [-0.39, 0.29) is 6.42 Å². The van der Waals surface area contributed by atoms with Crippen LogP contribution in [0.1, 0.15) is 12.5 Å². The lowest BCUT2D eigenvalue weighted by Gasteiger charge is -2.19. The molecule has 1 aromatic carbocycles. The fraction of sp³-hybridized carbons (Fsp3) is 0.300. The predicted octanol–water partition coefficient (Wildman–Crippen LogP) is 0.613. The number of carboxylic acid groups (broad SMARTS) is 1. The minimum absolute atomic E-state index is 0.231. The average Bonchev–Trinajstić information content (AvgIpc) is 2.08. The van der Waals surface area contributed by atoms with Crippen LogP contribution in [0.3, 0.4) is 0 Å². The largest absolute Gasteiger partial charge is 0.480 e. The van der Waals surface area contributed by atoms with Gasteiger partial charge in [0.2, 0.25) is 0 Å². The Bertz CT molecular complexity index is 348. The van der Waals surface area contributed by atoms with Crippen molar-refractivity contribution in [2.45, 2.75) is 18.9 Å². The molecule has 4 nitrogen and oxygen atoms in total. The summed E-state index contributed by atoms with van der Waals surface area (Å²) in [7, 11) is 0. The van der Waals surface area contributed by atoms with Crippen molar-refractivity contribution >= 4 is 11.7 Å². The van der Waals surface area contributed by atoms with Gasteiger partial charge in [0.25, 0.3) is 0 Å². The van der Waals surface area contributed by atoms with Gasteiger partial charge in [0, 0.05) is 12.1 Å². The Morgan fingerprint density at radius 1 is 1.50 bits per heavy atom. The summed E-state index contributed by atoms with van der Waals surface area (Å²) in [6.45, 7) is 1.47. The van der Waals surface area contributed by atoms with E-state index in [1.54, 1.807) is 18.2 Å². The second-order valence-corrected chi connectivity index (χ2v) is 3.60. The summed E-state index contributed by atoms with van der Waals surface area (Å²) < 4.78 is 0. The first-order valence-corrected chi connectivity index (χ1v) is 4.29. The second kappa shape index (κ2) is 3.67. The van der Waals surface area contributed by atoms with E-state index in [0.29, 0.717) is 5.69 Å². The maximum absolute atomic E-state index is 10.8. The number of carboxylic acids is 1. The predicted molar refractivity (Wildman–Crippen MR) is 54.8 cm³/mol. The van der Waals surface area contributed by atoms with Crippen molar-refractivity contribution < 1.29 is 9.90 Å². The normalized spacial score (nSPS) is 14.7. The standard InChI is InChI=1S/C10H14N2O2/c1-10(12,9(13)14)6-7-4-2-3-5-8(7)11/h2-5H,6,11-12H2,1H3,(H,13,14). The van der Waals surface area contributed by atoms with Crippen molar-refractivity contribution in [3.05, 3.63) is 29.8 Å². The average molecular weight is 194 g/mol. The van der Waals surface area contributed by atoms with Crippen LogP contribution in [0, 0.1) is 0 Å². The van der Waals surface area contributed by atoms with Crippen molar-refractivity contribution in [1.29, 1.82) is 0 Å². The molecule has 76 valence electrons. The maximum atomic E-state index is 10.8. The van der Waals surface area contributed by atoms with Gasteiger partial charge in [0.1, 0.15) is 5.54 Å². The van der Waals surface area contributed by atoms with Gasteiger partial charge in [0.05, 0.1) is 0 Å². The fourth-order valence-corrected chi connectivity index (χ4v) is 1.17. The molecule has 14 heavy (non-hydrogen) atoms. The number of aliphatic carboxylic acids is 1. The SMILES string of the molecule is CC(N)(Cc1ccccc1N)C(=O)O. The van der Waals surface area contributed by atoms with E-state index in [9.17, 15) is 4.79 Å². The van der Waals surface area contributed by atoms with Gasteiger partial charge in [-0.3, -0.25) is 4.79 Å². The Hall–Kier alpha value is -1.55. The molecule has 1 atom stereocenters. The second-order valence-electron chi connectivity index (χ2n) is 3.60. The van der Waals surface area contributed by atoms with Crippen molar-refractivity contribution in [2.24, 2.45) is 5.73 Å². The molecule has 0 radical (unpaired) electrons. The summed E-state index contributed by atoms with van der Waals surface area (Å²) in [4.78, 5) is 10.8. The van der Waals surface area contributed by atoms with Crippen LogP contribution < -0.4 is 11.5 Å². The van der Waals surface area contributed by atoms with E-state index < -0.39 is 11.5 Å². The highest BCUT2D eigenvalue weighted by atomic mass is 16.4. The van der Waals surface area contributed by atoms with Gasteiger partial charge < -0.3 is 16.6 Å². The van der Waals surface area contributed by atoms with Gasteiger partial charge in [-0.05, 0) is 18.6 Å². The number of nitrogen functional groups attached to an aromatic ring is 1. The number of para-hydroxylation sites is 1. The van der Waals surface area contributed by atoms with Gasteiger partial charge in [-0.15, -0.1) is 0 Å². The van der Waals surface area contributed by atoms with E-state index in [2.05, 4.69) is 0 Å². The summed E-state index contributed by atoms with van der Waals surface area (Å²) in [5.74, 6) is -1.03. The zero-order chi connectivity index (χ0) is 10.8. The van der Waals surface area contributed by atoms with Gasteiger partial charge in [0.15, 0.2) is 0 Å². The summed E-state index contributed by atoms with van der Waals surface area (Å²) in [6.07, 6.45) is 0.231. The zero-order valence-electron chi connectivity index (χ0n) is 8.03. The van der Waals surface area contributed by atoms with E-state index in [1.807, 2.05) is 6.07 Å². The lowest BCUT2D eigenvalue weighted by Crippen LogP contribution is -2.46. The Morgan fingerprint density at radius 3 is 2.57 bits per heavy atom. The Morgan fingerprint density at radius 2 is 2.07 bits per heavy atom. The van der Waals surface area contributed by atoms with Crippen LogP contribution in [-0.4, -0.2) is 16.6 Å². The van der Waals surface area contributed by atoms with E-state index in [0.717, 1.165) is 5.56 Å². The number of benzene rings is 1. The maximum Gasteiger partial charge on any atom is 0.323 e. The smallest absolute Gasteiger partial charge is 0.323 e. The summed E-state index contributed by atoms with van der Waals surface area (Å²) in [5, 5.41) is 8.83. The van der Waals surface area contributed by atoms with Crippen LogP contribution in [0.4, 0.5) is 5.69 Å². The van der Waals surface area contributed by atoms with Crippen LogP contribution in [-0.2, 0) is 11.2 Å². The fourth-order valence-electron chi connectivity index (χ4n) is 1.17. The molecule has 1 rings (SSSR count). The molecule has 0 amide bonds. The van der Waals surface area contributed by atoms with Crippen LogP contribution in [0.15, 0.2) is 24.3 Å². The molecule has 0 saturated heterocycles. The minimum atomic E-state index is -1.27. The molecular weight excluding hydrogens is 180 g/mol. The molecule has 0 heterocycles. The lowest BCUT2D eigenvalue weighted by molar-refractivity contribution is -0.142. The molecule has 0 spiro atoms. The number of rotatable bonds is 3. The zero-order valence-corrected chi connectivity index (χ0v) is 8.03. The molecule has 0 fully saturated rings. The molecule has 1 unspecified atom stereocenters. The van der Waals surface area contributed by atoms with Gasteiger partial charge in [-0.2, -0.15) is 0 Å². The Kier molecular flexibility index (Phi) is 2.76. The first kappa shape index (κ1) is 10.5. The topological polar surface area (TPSA) is 89.3 Å². The third-order valence-electron chi connectivity index (χ3n) is 2.10. The van der Waals surface area contributed by atoms with E-state index in [1.165, 1.54) is 6.92 Å². The lowest BCUT2D eigenvalue weighted by atomic mass is 9.93. The molecule has 0 saturated carbocycles. The number of carbonyl (C=O) groups is 1. The molecule has 1 aromatic rings. The minimum Gasteiger partial charge on any atom is -0.480 e. The molecule has 4 heteroatoms. The summed E-state index contributed by atoms with van der Waals surface area (Å²) in [5.41, 5.74) is 11.4. The van der Waals surface area contributed by atoms with Crippen LogP contribution in [0.2, 0.25) is 0 Å². The highest BCUT2D eigenvalue weighted by molar-refractivity contribution is 5.78. The van der Waals surface area contributed by atoms with Crippen LogP contribution in [0.25, 0.3) is 0 Å². The van der Waals surface area contributed by atoms with Gasteiger partial charge in [-0.1, -0.05) is 18.2 Å². The van der Waals surface area contributed by atoms with E-state index >= 15 is 0 Å².